The lowest BCUT2D eigenvalue weighted by molar-refractivity contribution is -0.137. The molecule has 67 heavy (non-hydrogen) atoms. The molecule has 11 aromatic rings. The second-order valence-electron chi connectivity index (χ2n) is 16.6. The highest BCUT2D eigenvalue weighted by atomic mass is 19.4. The van der Waals surface area contributed by atoms with E-state index in [0.717, 1.165) is 77.6 Å². The van der Waals surface area contributed by atoms with Gasteiger partial charge in [0.15, 0.2) is 11.4 Å². The zero-order valence-electron chi connectivity index (χ0n) is 35.8. The summed E-state index contributed by atoms with van der Waals surface area (Å²) < 4.78 is 48.9. The van der Waals surface area contributed by atoms with Crippen LogP contribution < -0.4 is 0 Å². The highest BCUT2D eigenvalue weighted by Gasteiger charge is 2.34. The number of rotatable bonds is 6. The Morgan fingerprint density at radius 1 is 0.493 bits per heavy atom. The van der Waals surface area contributed by atoms with Crippen LogP contribution in [0.5, 0.6) is 0 Å². The molecule has 0 aliphatic rings. The second kappa shape index (κ2) is 15.8. The lowest BCUT2D eigenvalue weighted by Crippen LogP contribution is -2.08. The predicted molar refractivity (Wildman–Crippen MR) is 264 cm³/mol. The number of nitrogens with zero attached hydrogens (tertiary/aromatic N) is 5. The van der Waals surface area contributed by atoms with E-state index in [1.54, 1.807) is 43.3 Å². The number of nitriles is 1. The number of halogens is 3. The monoisotopic (exact) mass is 869 g/mol. The molecule has 0 saturated heterocycles. The van der Waals surface area contributed by atoms with Crippen molar-refractivity contribution in [3.63, 3.8) is 0 Å². The summed E-state index contributed by atoms with van der Waals surface area (Å²) in [7, 11) is 0. The van der Waals surface area contributed by atoms with E-state index in [-0.39, 0.29) is 5.56 Å². The van der Waals surface area contributed by atoms with Crippen LogP contribution in [0.1, 0.15) is 16.7 Å². The van der Waals surface area contributed by atoms with Gasteiger partial charge in [-0.2, -0.15) is 18.4 Å². The van der Waals surface area contributed by atoms with E-state index in [1.807, 2.05) is 103 Å². The van der Waals surface area contributed by atoms with Gasteiger partial charge in [0.1, 0.15) is 0 Å². The van der Waals surface area contributed by atoms with Gasteiger partial charge in [-0.15, -0.1) is 0 Å². The second-order valence-corrected chi connectivity index (χ2v) is 16.6. The lowest BCUT2D eigenvalue weighted by Gasteiger charge is -2.20. The fraction of sp³-hybridized carbons (Fsp3) is 0.0339. The van der Waals surface area contributed by atoms with Crippen LogP contribution >= 0.6 is 0 Å². The highest BCUT2D eigenvalue weighted by molar-refractivity contribution is 6.12. The number of aryl methyl sites for hydroxylation is 1. The molecule has 5 nitrogen and oxygen atoms in total. The fourth-order valence-electron chi connectivity index (χ4n) is 9.73. The third-order valence-corrected chi connectivity index (χ3v) is 12.7. The Kier molecular flexibility index (Phi) is 9.59. The van der Waals surface area contributed by atoms with Crippen LogP contribution in [-0.2, 0) is 6.18 Å². The summed E-state index contributed by atoms with van der Waals surface area (Å²) in [6.07, 6.45) is -4.62. The average molecular weight is 870 g/mol. The predicted octanol–water partition coefficient (Wildman–Crippen LogP) is 16.8. The molecule has 0 fully saturated rings. The van der Waals surface area contributed by atoms with Crippen molar-refractivity contribution >= 4 is 55.0 Å². The molecular weight excluding hydrogens is 836 g/mol. The summed E-state index contributed by atoms with van der Waals surface area (Å²) in [5.41, 5.74) is 11.6. The molecule has 2 aromatic heterocycles. The molecule has 0 spiro atoms. The number of hydrogen-bond donors (Lipinski definition) is 0. The van der Waals surface area contributed by atoms with Gasteiger partial charge in [0.25, 0.3) is 0 Å². The number of aromatic nitrogens is 2. The third-order valence-electron chi connectivity index (χ3n) is 12.7. The summed E-state index contributed by atoms with van der Waals surface area (Å²) in [6.45, 7) is 17.8. The zero-order chi connectivity index (χ0) is 46.0. The van der Waals surface area contributed by atoms with E-state index >= 15 is 0 Å². The normalized spacial score (nSPS) is 11.5. The molecule has 0 bridgehead atoms. The molecule has 0 radical (unpaired) electrons. The first-order valence-electron chi connectivity index (χ1n) is 21.5. The van der Waals surface area contributed by atoms with E-state index in [0.29, 0.717) is 44.9 Å². The Balaban J connectivity index is 1.18. The maximum Gasteiger partial charge on any atom is 0.417 e. The standard InChI is InChI=1S/C59H34F3N5/c1-36-11-8-18-51(59(60,61)62)58(36)42-23-28-57(67-54-20-7-5-17-46(54)49-32-41(22-27-56(49)67)39-14-10-15-43(30-39)64-2)50(33-42)47-34-44(24-25-52(47)65-3)66-53-19-6-4-16-45(53)48-31-40(21-26-55(48)66)38-13-9-12-37(29-38)35-63/h4-34H,1H3. The Hall–Kier alpha value is -9.16. The molecule has 0 saturated carbocycles. The van der Waals surface area contributed by atoms with Crippen molar-refractivity contribution in [1.29, 1.82) is 5.26 Å². The van der Waals surface area contributed by atoms with Gasteiger partial charge in [-0.25, -0.2) is 9.69 Å². The SMILES string of the molecule is [C-]#[N+]c1cccc(-c2ccc3c(c2)c2ccccc2n3-c2ccc(-c3c(C)cccc3C(F)(F)F)cc2-c2cc(-n3c4ccccc4c4cc(-c5cccc(C#N)c5)ccc43)ccc2[N+]#[C-])c1. The molecule has 0 aliphatic carbocycles. The van der Waals surface area contributed by atoms with Crippen LogP contribution in [0.4, 0.5) is 24.5 Å². The van der Waals surface area contributed by atoms with Crippen LogP contribution in [0.25, 0.3) is 109 Å². The third kappa shape index (κ3) is 6.78. The summed E-state index contributed by atoms with van der Waals surface area (Å²) >= 11 is 0. The highest BCUT2D eigenvalue weighted by Crippen LogP contribution is 2.46. The van der Waals surface area contributed by atoms with Crippen LogP contribution in [0.15, 0.2) is 188 Å². The van der Waals surface area contributed by atoms with Crippen molar-refractivity contribution in [2.75, 3.05) is 0 Å². The number of para-hydroxylation sites is 2. The van der Waals surface area contributed by atoms with Crippen molar-refractivity contribution in [3.8, 4) is 62.0 Å². The number of hydrogen-bond acceptors (Lipinski definition) is 1. The van der Waals surface area contributed by atoms with Gasteiger partial charge in [-0.1, -0.05) is 103 Å². The first kappa shape index (κ1) is 40.6. The molecule has 11 rings (SSSR count). The maximum absolute atomic E-state index is 14.9. The molecule has 0 atom stereocenters. The average Bonchev–Trinajstić information content (AvgIpc) is 3.87. The van der Waals surface area contributed by atoms with E-state index < -0.39 is 11.7 Å². The molecule has 0 aliphatic heterocycles. The molecule has 0 unspecified atom stereocenters. The molecule has 316 valence electrons. The summed E-state index contributed by atoms with van der Waals surface area (Å²) in [6, 6.07) is 61.2. The largest absolute Gasteiger partial charge is 0.417 e. The number of fused-ring (bicyclic) bond motifs is 6. The maximum atomic E-state index is 14.9. The molecule has 8 heteroatoms. The summed E-state index contributed by atoms with van der Waals surface area (Å²) in [5, 5.41) is 13.6. The van der Waals surface area contributed by atoms with Crippen LogP contribution in [0.2, 0.25) is 0 Å². The Morgan fingerprint density at radius 3 is 1.76 bits per heavy atom. The Labute approximate surface area is 383 Å². The molecule has 0 N–H and O–H groups in total. The van der Waals surface area contributed by atoms with Gasteiger partial charge in [-0.3, -0.25) is 0 Å². The van der Waals surface area contributed by atoms with E-state index in [9.17, 15) is 18.4 Å². The van der Waals surface area contributed by atoms with Gasteiger partial charge in [-0.05, 0) is 142 Å². The van der Waals surface area contributed by atoms with Crippen molar-refractivity contribution in [2.24, 2.45) is 0 Å². The van der Waals surface area contributed by atoms with Gasteiger partial charge in [0, 0.05) is 27.2 Å². The van der Waals surface area contributed by atoms with Crippen LogP contribution in [0, 0.1) is 31.4 Å². The summed E-state index contributed by atoms with van der Waals surface area (Å²) in [4.78, 5) is 7.69. The van der Waals surface area contributed by atoms with Gasteiger partial charge >= 0.3 is 6.18 Å². The van der Waals surface area contributed by atoms with E-state index in [1.165, 1.54) is 6.07 Å². The number of benzene rings is 9. The quantitative estimate of drug-likeness (QED) is 0.154. The van der Waals surface area contributed by atoms with Crippen molar-refractivity contribution in [1.82, 2.24) is 9.13 Å². The van der Waals surface area contributed by atoms with Crippen molar-refractivity contribution < 1.29 is 13.2 Å². The lowest BCUT2D eigenvalue weighted by atomic mass is 9.91. The molecular formula is C59H34F3N5. The minimum Gasteiger partial charge on any atom is -0.309 e. The summed E-state index contributed by atoms with van der Waals surface area (Å²) in [5.74, 6) is 0. The van der Waals surface area contributed by atoms with E-state index in [4.69, 9.17) is 13.1 Å². The van der Waals surface area contributed by atoms with Gasteiger partial charge in [0.2, 0.25) is 0 Å². The Bertz CT molecular complexity index is 3980. The molecule has 0 amide bonds. The van der Waals surface area contributed by atoms with Crippen LogP contribution in [-0.4, -0.2) is 9.13 Å². The van der Waals surface area contributed by atoms with Gasteiger partial charge < -0.3 is 9.13 Å². The smallest absolute Gasteiger partial charge is 0.309 e. The minimum absolute atomic E-state index is 0.0790. The van der Waals surface area contributed by atoms with Crippen molar-refractivity contribution in [2.45, 2.75) is 13.1 Å². The van der Waals surface area contributed by atoms with E-state index in [2.05, 4.69) is 61.3 Å². The first-order valence-corrected chi connectivity index (χ1v) is 21.5. The van der Waals surface area contributed by atoms with Crippen molar-refractivity contribution in [3.05, 3.63) is 228 Å². The first-order chi connectivity index (χ1) is 32.6. The zero-order valence-corrected chi connectivity index (χ0v) is 35.8. The fourth-order valence-corrected chi connectivity index (χ4v) is 9.73. The molecule has 9 aromatic carbocycles. The molecule has 2 heterocycles. The Morgan fingerprint density at radius 2 is 1.09 bits per heavy atom. The minimum atomic E-state index is -4.62. The number of alkyl halides is 3. The van der Waals surface area contributed by atoms with Gasteiger partial charge in [0.05, 0.1) is 58.1 Å². The topological polar surface area (TPSA) is 42.4 Å². The van der Waals surface area contributed by atoms with Crippen LogP contribution in [0.3, 0.4) is 0 Å².